The predicted molar refractivity (Wildman–Crippen MR) is 110 cm³/mol. The number of carbonyl (C=O) groups excluding carboxylic acids is 2. The minimum Gasteiger partial charge on any atom is -0.467 e. The molecule has 2 amide bonds. The molecule has 2 heterocycles. The highest BCUT2D eigenvalue weighted by Crippen LogP contribution is 2.30. The van der Waals surface area contributed by atoms with Crippen molar-refractivity contribution in [3.63, 3.8) is 0 Å². The molecule has 1 saturated heterocycles. The van der Waals surface area contributed by atoms with Crippen LogP contribution in [0.2, 0.25) is 0 Å². The van der Waals surface area contributed by atoms with E-state index in [2.05, 4.69) is 5.32 Å². The minimum absolute atomic E-state index is 0.0253. The summed E-state index contributed by atoms with van der Waals surface area (Å²) in [7, 11) is 0. The fourth-order valence-corrected chi connectivity index (χ4v) is 3.89. The van der Waals surface area contributed by atoms with E-state index >= 15 is 0 Å². The molecule has 1 aromatic heterocycles. The van der Waals surface area contributed by atoms with Crippen LogP contribution in [0.25, 0.3) is 0 Å². The highest BCUT2D eigenvalue weighted by Gasteiger charge is 2.38. The molecule has 0 radical (unpaired) electrons. The quantitative estimate of drug-likeness (QED) is 0.700. The van der Waals surface area contributed by atoms with E-state index in [1.54, 1.807) is 17.2 Å². The molecule has 4 rings (SSSR count). The van der Waals surface area contributed by atoms with Gasteiger partial charge in [-0.15, -0.1) is 0 Å². The molecule has 2 aromatic carbocycles. The van der Waals surface area contributed by atoms with Crippen molar-refractivity contribution in [2.45, 2.75) is 25.4 Å². The summed E-state index contributed by atoms with van der Waals surface area (Å²) in [5.41, 5.74) is 1.31. The Morgan fingerprint density at radius 1 is 1.03 bits per heavy atom. The van der Waals surface area contributed by atoms with Gasteiger partial charge in [-0.05, 0) is 30.2 Å². The van der Waals surface area contributed by atoms with Crippen molar-refractivity contribution >= 4 is 11.8 Å². The fraction of sp³-hybridized carbons (Fsp3) is 0.250. The number of nitrogens with one attached hydrogen (secondary N) is 1. The van der Waals surface area contributed by atoms with Crippen LogP contribution in [0.1, 0.15) is 30.2 Å². The maximum Gasteiger partial charge on any atom is 0.226 e. The molecule has 0 saturated carbocycles. The summed E-state index contributed by atoms with van der Waals surface area (Å²) < 4.78 is 5.34. The van der Waals surface area contributed by atoms with Crippen LogP contribution in [-0.2, 0) is 21.7 Å². The first kappa shape index (κ1) is 19.0. The molecule has 3 aromatic rings. The molecular formula is C24H24N2O3. The third-order valence-corrected chi connectivity index (χ3v) is 5.59. The van der Waals surface area contributed by atoms with Gasteiger partial charge in [-0.3, -0.25) is 9.59 Å². The summed E-state index contributed by atoms with van der Waals surface area (Å²) in [4.78, 5) is 27.3. The molecule has 5 nitrogen and oxygen atoms in total. The molecule has 1 fully saturated rings. The summed E-state index contributed by atoms with van der Waals surface area (Å²) in [5.74, 6) is 0.195. The largest absolute Gasteiger partial charge is 0.467 e. The van der Waals surface area contributed by atoms with Crippen LogP contribution in [0, 0.1) is 5.92 Å². The van der Waals surface area contributed by atoms with Crippen molar-refractivity contribution in [2.24, 2.45) is 5.92 Å². The highest BCUT2D eigenvalue weighted by molar-refractivity contribution is 5.89. The van der Waals surface area contributed by atoms with Crippen molar-refractivity contribution in [1.29, 1.82) is 0 Å². The lowest BCUT2D eigenvalue weighted by Gasteiger charge is -2.33. The van der Waals surface area contributed by atoms with Gasteiger partial charge in [0.1, 0.15) is 5.76 Å². The first-order chi connectivity index (χ1) is 14.1. The van der Waals surface area contributed by atoms with Gasteiger partial charge in [0.15, 0.2) is 0 Å². The Hall–Kier alpha value is -3.34. The molecule has 29 heavy (non-hydrogen) atoms. The molecule has 148 valence electrons. The number of amides is 2. The lowest BCUT2D eigenvalue weighted by atomic mass is 9.84. The normalized spacial score (nSPS) is 16.8. The molecule has 1 aliphatic rings. The van der Waals surface area contributed by atoms with Crippen LogP contribution in [-0.4, -0.2) is 23.3 Å². The third kappa shape index (κ3) is 3.94. The Balaban J connectivity index is 1.54. The number of hydrogen-bond donors (Lipinski definition) is 1. The minimum atomic E-state index is -0.683. The second-order valence-corrected chi connectivity index (χ2v) is 7.60. The van der Waals surface area contributed by atoms with Gasteiger partial charge in [0.2, 0.25) is 11.8 Å². The number of rotatable bonds is 6. The number of hydrogen-bond acceptors (Lipinski definition) is 3. The predicted octanol–water partition coefficient (Wildman–Crippen LogP) is 3.71. The number of carbonyl (C=O) groups is 2. The maximum absolute atomic E-state index is 13.2. The first-order valence-corrected chi connectivity index (χ1v) is 9.79. The highest BCUT2D eigenvalue weighted by atomic mass is 16.3. The second-order valence-electron chi connectivity index (χ2n) is 7.60. The monoisotopic (exact) mass is 388 g/mol. The molecule has 0 bridgehead atoms. The van der Waals surface area contributed by atoms with E-state index in [1.807, 2.05) is 73.7 Å². The topological polar surface area (TPSA) is 62.6 Å². The van der Waals surface area contributed by atoms with Gasteiger partial charge in [-0.2, -0.15) is 0 Å². The van der Waals surface area contributed by atoms with E-state index in [9.17, 15) is 9.59 Å². The summed E-state index contributed by atoms with van der Waals surface area (Å²) in [6, 6.07) is 23.4. The van der Waals surface area contributed by atoms with Crippen molar-refractivity contribution in [3.8, 4) is 0 Å². The van der Waals surface area contributed by atoms with Crippen molar-refractivity contribution in [1.82, 2.24) is 10.2 Å². The van der Waals surface area contributed by atoms with E-state index in [0.29, 0.717) is 13.1 Å². The summed E-state index contributed by atoms with van der Waals surface area (Å²) in [6.07, 6.45) is 1.80. The van der Waals surface area contributed by atoms with Crippen LogP contribution >= 0.6 is 0 Å². The molecule has 1 unspecified atom stereocenters. The Morgan fingerprint density at radius 3 is 2.21 bits per heavy atom. The Bertz CT molecular complexity index is 928. The average Bonchev–Trinajstić information content (AvgIpc) is 3.39. The van der Waals surface area contributed by atoms with Crippen LogP contribution in [0.5, 0.6) is 0 Å². The van der Waals surface area contributed by atoms with Crippen LogP contribution in [0.15, 0.2) is 83.5 Å². The molecular weight excluding hydrogens is 364 g/mol. The van der Waals surface area contributed by atoms with Gasteiger partial charge in [0.05, 0.1) is 24.3 Å². The van der Waals surface area contributed by atoms with E-state index in [4.69, 9.17) is 4.42 Å². The smallest absolute Gasteiger partial charge is 0.226 e. The van der Waals surface area contributed by atoms with Gasteiger partial charge < -0.3 is 14.6 Å². The molecule has 1 N–H and O–H groups in total. The lowest BCUT2D eigenvalue weighted by molar-refractivity contribution is -0.129. The van der Waals surface area contributed by atoms with Gasteiger partial charge in [0, 0.05) is 13.0 Å². The summed E-state index contributed by atoms with van der Waals surface area (Å²) in [5, 5.41) is 3.23. The molecule has 1 atom stereocenters. The standard InChI is InChI=1S/C24H24N2O3/c1-24(19-9-4-2-5-10-19,20-11-6-3-7-12-20)25-23(28)18-15-22(27)26(16-18)17-21-13-8-14-29-21/h2-14,18H,15-17H2,1H3,(H,25,28). The number of benzene rings is 2. The molecule has 0 spiro atoms. The van der Waals surface area contributed by atoms with Crippen LogP contribution < -0.4 is 5.32 Å². The molecule has 5 heteroatoms. The molecule has 0 aliphatic carbocycles. The van der Waals surface area contributed by atoms with Gasteiger partial charge in [0.25, 0.3) is 0 Å². The Labute approximate surface area is 170 Å². The van der Waals surface area contributed by atoms with Crippen molar-refractivity contribution in [2.75, 3.05) is 6.54 Å². The maximum atomic E-state index is 13.2. The van der Waals surface area contributed by atoms with E-state index < -0.39 is 5.54 Å². The average molecular weight is 388 g/mol. The SMILES string of the molecule is CC(NC(=O)C1CC(=O)N(Cc2ccco2)C1)(c1ccccc1)c1ccccc1. The van der Waals surface area contributed by atoms with E-state index in [-0.39, 0.29) is 24.2 Å². The second kappa shape index (κ2) is 7.95. The van der Waals surface area contributed by atoms with Crippen LogP contribution in [0.4, 0.5) is 0 Å². The van der Waals surface area contributed by atoms with Crippen molar-refractivity contribution < 1.29 is 14.0 Å². The Kier molecular flexibility index (Phi) is 5.21. The van der Waals surface area contributed by atoms with Gasteiger partial charge in [-0.25, -0.2) is 0 Å². The van der Waals surface area contributed by atoms with E-state index in [0.717, 1.165) is 16.9 Å². The van der Waals surface area contributed by atoms with Crippen LogP contribution in [0.3, 0.4) is 0 Å². The third-order valence-electron chi connectivity index (χ3n) is 5.59. The van der Waals surface area contributed by atoms with Gasteiger partial charge >= 0.3 is 0 Å². The first-order valence-electron chi connectivity index (χ1n) is 9.79. The zero-order valence-corrected chi connectivity index (χ0v) is 16.4. The number of nitrogens with zero attached hydrogens (tertiary/aromatic N) is 1. The zero-order valence-electron chi connectivity index (χ0n) is 16.4. The number of furan rings is 1. The van der Waals surface area contributed by atoms with E-state index in [1.165, 1.54) is 0 Å². The van der Waals surface area contributed by atoms with Gasteiger partial charge in [-0.1, -0.05) is 60.7 Å². The zero-order chi connectivity index (χ0) is 20.3. The number of likely N-dealkylation sites (tertiary alicyclic amines) is 1. The Morgan fingerprint density at radius 2 is 1.66 bits per heavy atom. The van der Waals surface area contributed by atoms with Crippen molar-refractivity contribution in [3.05, 3.63) is 95.9 Å². The molecule has 1 aliphatic heterocycles. The lowest BCUT2D eigenvalue weighted by Crippen LogP contribution is -2.47. The summed E-state index contributed by atoms with van der Waals surface area (Å²) >= 11 is 0. The fourth-order valence-electron chi connectivity index (χ4n) is 3.89. The summed E-state index contributed by atoms with van der Waals surface area (Å²) in [6.45, 7) is 2.79.